The number of carbonyl (C=O) groups excluding carboxylic acids is 1. The summed E-state index contributed by atoms with van der Waals surface area (Å²) in [5.74, 6) is 0.386. The van der Waals surface area contributed by atoms with Crippen LogP contribution >= 0.6 is 23.2 Å². The number of nitrogens with one attached hydrogen (secondary N) is 1. The molecule has 1 aromatic carbocycles. The van der Waals surface area contributed by atoms with Gasteiger partial charge >= 0.3 is 0 Å². The molecule has 3 rings (SSSR count). The van der Waals surface area contributed by atoms with Crippen molar-refractivity contribution in [2.24, 2.45) is 0 Å². The van der Waals surface area contributed by atoms with Crippen LogP contribution in [-0.4, -0.2) is 40.5 Å². The van der Waals surface area contributed by atoms with Crippen molar-refractivity contribution < 1.29 is 9.53 Å². The molecular weight excluding hydrogens is 365 g/mol. The Bertz CT molecular complexity index is 853. The Labute approximate surface area is 154 Å². The van der Waals surface area contributed by atoms with Gasteiger partial charge in [0.1, 0.15) is 11.9 Å². The van der Waals surface area contributed by atoms with Gasteiger partial charge in [-0.3, -0.25) is 9.59 Å². The third-order valence-corrected chi connectivity index (χ3v) is 4.82. The number of morpholine rings is 1. The van der Waals surface area contributed by atoms with E-state index in [1.807, 2.05) is 6.07 Å². The van der Waals surface area contributed by atoms with E-state index in [4.69, 9.17) is 27.9 Å². The average molecular weight is 382 g/mol. The summed E-state index contributed by atoms with van der Waals surface area (Å²) >= 11 is 12.0. The number of rotatable bonds is 3. The van der Waals surface area contributed by atoms with E-state index in [1.165, 1.54) is 6.20 Å². The van der Waals surface area contributed by atoms with Gasteiger partial charge in [0, 0.05) is 18.3 Å². The average Bonchev–Trinajstić information content (AvgIpc) is 2.60. The van der Waals surface area contributed by atoms with Crippen molar-refractivity contribution in [2.75, 3.05) is 19.7 Å². The second kappa shape index (κ2) is 7.56. The first-order valence-corrected chi connectivity index (χ1v) is 8.59. The molecule has 0 unspecified atom stereocenters. The molecule has 0 saturated carbocycles. The molecule has 6 nitrogen and oxygen atoms in total. The smallest absolute Gasteiger partial charge is 0.254 e. The van der Waals surface area contributed by atoms with Crippen molar-refractivity contribution in [1.82, 2.24) is 14.9 Å². The number of ether oxygens (including phenoxy) is 1. The van der Waals surface area contributed by atoms with E-state index in [1.54, 1.807) is 24.0 Å². The zero-order chi connectivity index (χ0) is 18.0. The van der Waals surface area contributed by atoms with Crippen LogP contribution in [0.5, 0.6) is 0 Å². The number of aromatic nitrogens is 2. The molecule has 1 fully saturated rings. The van der Waals surface area contributed by atoms with Crippen molar-refractivity contribution in [2.45, 2.75) is 19.4 Å². The third-order valence-electron chi connectivity index (χ3n) is 4.08. The van der Waals surface area contributed by atoms with E-state index in [9.17, 15) is 9.59 Å². The molecule has 1 saturated heterocycles. The zero-order valence-corrected chi connectivity index (χ0v) is 15.1. The summed E-state index contributed by atoms with van der Waals surface area (Å²) in [6.45, 7) is 2.98. The van der Waals surface area contributed by atoms with Crippen LogP contribution in [-0.2, 0) is 16.0 Å². The van der Waals surface area contributed by atoms with Crippen LogP contribution in [0.3, 0.4) is 0 Å². The maximum Gasteiger partial charge on any atom is 0.254 e. The Morgan fingerprint density at radius 3 is 2.92 bits per heavy atom. The first-order valence-electron chi connectivity index (χ1n) is 7.83. The van der Waals surface area contributed by atoms with Crippen molar-refractivity contribution in [3.63, 3.8) is 0 Å². The number of hydrogen-bond acceptors (Lipinski definition) is 4. The number of H-pyrrole nitrogens is 1. The Morgan fingerprint density at radius 2 is 2.20 bits per heavy atom. The van der Waals surface area contributed by atoms with Gasteiger partial charge in [0.25, 0.3) is 5.56 Å². The van der Waals surface area contributed by atoms with Crippen LogP contribution < -0.4 is 5.56 Å². The summed E-state index contributed by atoms with van der Waals surface area (Å²) in [5, 5.41) is 0.920. The third kappa shape index (κ3) is 4.21. The molecule has 1 amide bonds. The predicted octanol–water partition coefficient (Wildman–Crippen LogP) is 2.53. The quantitative estimate of drug-likeness (QED) is 0.885. The fourth-order valence-electron chi connectivity index (χ4n) is 2.70. The lowest BCUT2D eigenvalue weighted by molar-refractivity contribution is -0.138. The van der Waals surface area contributed by atoms with Gasteiger partial charge in [0.05, 0.1) is 29.6 Å². The summed E-state index contributed by atoms with van der Waals surface area (Å²) in [5.41, 5.74) is 0.935. The molecule has 0 spiro atoms. The highest BCUT2D eigenvalue weighted by Crippen LogP contribution is 2.29. The Hall–Kier alpha value is -1.89. The van der Waals surface area contributed by atoms with Crippen LogP contribution in [0.1, 0.15) is 23.1 Å². The lowest BCUT2D eigenvalue weighted by atomic mass is 10.1. The Balaban J connectivity index is 1.71. The first kappa shape index (κ1) is 17.9. The Morgan fingerprint density at radius 1 is 1.40 bits per heavy atom. The second-order valence-corrected chi connectivity index (χ2v) is 6.69. The molecule has 1 aliphatic heterocycles. The van der Waals surface area contributed by atoms with Gasteiger partial charge < -0.3 is 14.6 Å². The first-order chi connectivity index (χ1) is 11.9. The van der Waals surface area contributed by atoms with Crippen molar-refractivity contribution in [1.29, 1.82) is 0 Å². The van der Waals surface area contributed by atoms with Gasteiger partial charge in [0.15, 0.2) is 0 Å². The lowest BCUT2D eigenvalue weighted by Gasteiger charge is -2.33. The standard InChI is InChI=1S/C17H17Cl2N3O3/c1-10-20-8-12(17(24)21-10)7-16(23)22-4-5-25-15(9-22)11-2-3-13(18)14(19)6-11/h2-3,6,8,15H,4-5,7,9H2,1H3,(H,20,21,24)/t15-/m0/s1. The van der Waals surface area contributed by atoms with Gasteiger partial charge in [-0.2, -0.15) is 0 Å². The highest BCUT2D eigenvalue weighted by molar-refractivity contribution is 6.42. The fourth-order valence-corrected chi connectivity index (χ4v) is 3.01. The lowest BCUT2D eigenvalue weighted by Crippen LogP contribution is -2.43. The van der Waals surface area contributed by atoms with Crippen LogP contribution in [0.4, 0.5) is 0 Å². The van der Waals surface area contributed by atoms with Crippen LogP contribution in [0.2, 0.25) is 10.0 Å². The molecule has 0 aliphatic carbocycles. The molecule has 1 atom stereocenters. The van der Waals surface area contributed by atoms with Crippen molar-refractivity contribution in [3.05, 3.63) is 61.7 Å². The molecule has 0 radical (unpaired) electrons. The minimum atomic E-state index is -0.282. The summed E-state index contributed by atoms with van der Waals surface area (Å²) in [6, 6.07) is 5.29. The van der Waals surface area contributed by atoms with E-state index < -0.39 is 0 Å². The summed E-state index contributed by atoms with van der Waals surface area (Å²) in [7, 11) is 0. The number of nitrogens with zero attached hydrogens (tertiary/aromatic N) is 2. The summed E-state index contributed by atoms with van der Waals surface area (Å²) in [6.07, 6.45) is 1.18. The number of aromatic amines is 1. The highest BCUT2D eigenvalue weighted by Gasteiger charge is 2.26. The maximum absolute atomic E-state index is 12.5. The number of carbonyl (C=O) groups is 1. The van der Waals surface area contributed by atoms with Gasteiger partial charge in [-0.25, -0.2) is 4.98 Å². The van der Waals surface area contributed by atoms with Gasteiger partial charge in [-0.1, -0.05) is 29.3 Å². The number of benzene rings is 1. The molecule has 0 bridgehead atoms. The Kier molecular flexibility index (Phi) is 5.42. The van der Waals surface area contributed by atoms with Crippen molar-refractivity contribution >= 4 is 29.1 Å². The van der Waals surface area contributed by atoms with Gasteiger partial charge in [-0.15, -0.1) is 0 Å². The van der Waals surface area contributed by atoms with Crippen LogP contribution in [0.15, 0.2) is 29.2 Å². The number of aryl methyl sites for hydroxylation is 1. The van der Waals surface area contributed by atoms with Crippen LogP contribution in [0.25, 0.3) is 0 Å². The topological polar surface area (TPSA) is 75.3 Å². The molecule has 132 valence electrons. The number of hydrogen-bond donors (Lipinski definition) is 1. The normalized spacial score (nSPS) is 17.6. The highest BCUT2D eigenvalue weighted by atomic mass is 35.5. The van der Waals surface area contributed by atoms with Gasteiger partial charge in [0.2, 0.25) is 5.91 Å². The van der Waals surface area contributed by atoms with Crippen LogP contribution in [0, 0.1) is 6.92 Å². The molecular formula is C17H17Cl2N3O3. The van der Waals surface area contributed by atoms with Gasteiger partial charge in [-0.05, 0) is 24.6 Å². The molecule has 1 N–H and O–H groups in total. The largest absolute Gasteiger partial charge is 0.370 e. The van der Waals surface area contributed by atoms with E-state index in [0.29, 0.717) is 41.1 Å². The summed E-state index contributed by atoms with van der Waals surface area (Å²) in [4.78, 5) is 32.8. The van der Waals surface area contributed by atoms with E-state index >= 15 is 0 Å². The van der Waals surface area contributed by atoms with E-state index in [-0.39, 0.29) is 24.0 Å². The zero-order valence-electron chi connectivity index (χ0n) is 13.6. The monoisotopic (exact) mass is 381 g/mol. The molecule has 1 aliphatic rings. The van der Waals surface area contributed by atoms with Crippen molar-refractivity contribution in [3.8, 4) is 0 Å². The minimum absolute atomic E-state index is 0.0106. The minimum Gasteiger partial charge on any atom is -0.370 e. The molecule has 1 aromatic heterocycles. The number of halogens is 2. The predicted molar refractivity (Wildman–Crippen MR) is 95.0 cm³/mol. The fraction of sp³-hybridized carbons (Fsp3) is 0.353. The summed E-state index contributed by atoms with van der Waals surface area (Å²) < 4.78 is 5.75. The second-order valence-electron chi connectivity index (χ2n) is 5.87. The molecule has 2 aromatic rings. The maximum atomic E-state index is 12.5. The number of amides is 1. The van der Waals surface area contributed by atoms with E-state index in [0.717, 1.165) is 5.56 Å². The van der Waals surface area contributed by atoms with E-state index in [2.05, 4.69) is 9.97 Å². The molecule has 25 heavy (non-hydrogen) atoms. The molecule has 2 heterocycles. The molecule has 8 heteroatoms. The SMILES string of the molecule is Cc1ncc(CC(=O)N2CCO[C@H](c3ccc(Cl)c(Cl)c3)C2)c(=O)[nH]1.